The van der Waals surface area contributed by atoms with E-state index in [2.05, 4.69) is 29.6 Å². The molecule has 0 bridgehead atoms. The van der Waals surface area contributed by atoms with Crippen LogP contribution in [0.25, 0.3) is 0 Å². The molecule has 0 atom stereocenters. The number of benzene rings is 2. The van der Waals surface area contributed by atoms with Crippen LogP contribution in [0.2, 0.25) is 0 Å². The van der Waals surface area contributed by atoms with E-state index in [-0.39, 0.29) is 0 Å². The Morgan fingerprint density at radius 1 is 0.733 bits per heavy atom. The van der Waals surface area contributed by atoms with Crippen molar-refractivity contribution in [2.75, 3.05) is 6.54 Å². The van der Waals surface area contributed by atoms with Crippen molar-refractivity contribution in [3.63, 3.8) is 0 Å². The highest BCUT2D eigenvalue weighted by atomic mass is 14.9. The third-order valence-corrected chi connectivity index (χ3v) is 2.29. The lowest BCUT2D eigenvalue weighted by molar-refractivity contribution is 0.827. The molecule has 0 heterocycles. The average molecular weight is 196 g/mol. The molecule has 0 amide bonds. The molecule has 0 unspecified atom stereocenters. The lowest BCUT2D eigenvalue weighted by atomic mass is 10.1. The minimum Gasteiger partial charge on any atom is -0.285 e. The van der Waals surface area contributed by atoms with E-state index in [1.54, 1.807) is 0 Å². The first-order valence-electron chi connectivity index (χ1n) is 5.21. The van der Waals surface area contributed by atoms with Gasteiger partial charge in [-0.3, -0.25) is 5.32 Å². The molecule has 1 radical (unpaired) electrons. The molecule has 0 aliphatic rings. The molecule has 0 spiro atoms. The minimum atomic E-state index is 0.855. The van der Waals surface area contributed by atoms with E-state index in [0.29, 0.717) is 0 Å². The molecule has 1 heteroatoms. The van der Waals surface area contributed by atoms with Crippen LogP contribution in [0, 0.1) is 0 Å². The smallest absolute Gasteiger partial charge is 0.0574 e. The van der Waals surface area contributed by atoms with Crippen LogP contribution in [0.1, 0.15) is 5.56 Å². The van der Waals surface area contributed by atoms with Gasteiger partial charge in [-0.05, 0) is 24.1 Å². The molecule has 0 aliphatic carbocycles. The van der Waals surface area contributed by atoms with Crippen molar-refractivity contribution in [1.82, 2.24) is 5.32 Å². The normalized spacial score (nSPS) is 9.87. The number of para-hydroxylation sites is 1. The van der Waals surface area contributed by atoms with Crippen LogP contribution in [-0.2, 0) is 6.42 Å². The van der Waals surface area contributed by atoms with Gasteiger partial charge >= 0.3 is 0 Å². The number of hydrogen-bond donors (Lipinski definition) is 0. The largest absolute Gasteiger partial charge is 0.285 e. The van der Waals surface area contributed by atoms with Crippen LogP contribution in [0.5, 0.6) is 0 Å². The maximum absolute atomic E-state index is 4.50. The van der Waals surface area contributed by atoms with Gasteiger partial charge in [-0.2, -0.15) is 0 Å². The fourth-order valence-corrected chi connectivity index (χ4v) is 1.49. The predicted molar refractivity (Wildman–Crippen MR) is 63.2 cm³/mol. The summed E-state index contributed by atoms with van der Waals surface area (Å²) in [7, 11) is 0. The molecule has 15 heavy (non-hydrogen) atoms. The fourth-order valence-electron chi connectivity index (χ4n) is 1.49. The van der Waals surface area contributed by atoms with Gasteiger partial charge in [0.05, 0.1) is 5.69 Å². The van der Waals surface area contributed by atoms with Crippen molar-refractivity contribution in [3.05, 3.63) is 66.2 Å². The SMILES string of the molecule is c1ccc(CC[N]c2ccccc2)cc1. The molecule has 2 rings (SSSR count). The number of rotatable bonds is 4. The zero-order valence-electron chi connectivity index (χ0n) is 8.63. The average Bonchev–Trinajstić information content (AvgIpc) is 2.32. The van der Waals surface area contributed by atoms with E-state index in [1.165, 1.54) is 5.56 Å². The summed E-state index contributed by atoms with van der Waals surface area (Å²) in [5.74, 6) is 0. The Labute approximate surface area is 90.8 Å². The second kappa shape index (κ2) is 5.20. The zero-order valence-corrected chi connectivity index (χ0v) is 8.63. The number of hydrogen-bond acceptors (Lipinski definition) is 0. The topological polar surface area (TPSA) is 14.1 Å². The van der Waals surface area contributed by atoms with Crippen LogP contribution in [0.3, 0.4) is 0 Å². The Balaban J connectivity index is 1.81. The second-order valence-corrected chi connectivity index (χ2v) is 3.45. The van der Waals surface area contributed by atoms with Crippen LogP contribution >= 0.6 is 0 Å². The Bertz CT molecular complexity index is 341. The highest BCUT2D eigenvalue weighted by molar-refractivity contribution is 5.34. The fraction of sp³-hybridized carbons (Fsp3) is 0.143. The van der Waals surface area contributed by atoms with Gasteiger partial charge in [0.25, 0.3) is 0 Å². The highest BCUT2D eigenvalue weighted by Gasteiger charge is 1.93. The first-order valence-corrected chi connectivity index (χ1v) is 5.21. The molecule has 2 aromatic rings. The Morgan fingerprint density at radius 2 is 1.33 bits per heavy atom. The molecular weight excluding hydrogens is 182 g/mol. The minimum absolute atomic E-state index is 0.855. The van der Waals surface area contributed by atoms with Crippen molar-refractivity contribution in [2.45, 2.75) is 6.42 Å². The molecule has 0 N–H and O–H groups in total. The molecule has 1 nitrogen and oxygen atoms in total. The zero-order chi connectivity index (χ0) is 10.3. The van der Waals surface area contributed by atoms with Crippen molar-refractivity contribution in [2.24, 2.45) is 0 Å². The first-order chi connectivity index (χ1) is 7.45. The van der Waals surface area contributed by atoms with Gasteiger partial charge in [0, 0.05) is 6.54 Å². The van der Waals surface area contributed by atoms with Crippen LogP contribution < -0.4 is 5.32 Å². The van der Waals surface area contributed by atoms with E-state index >= 15 is 0 Å². The number of nitrogens with zero attached hydrogens (tertiary/aromatic N) is 1. The van der Waals surface area contributed by atoms with Crippen LogP contribution in [0.4, 0.5) is 5.69 Å². The maximum atomic E-state index is 4.50. The third-order valence-electron chi connectivity index (χ3n) is 2.29. The van der Waals surface area contributed by atoms with Crippen LogP contribution in [-0.4, -0.2) is 6.54 Å². The summed E-state index contributed by atoms with van der Waals surface area (Å²) in [6.45, 7) is 0.855. The van der Waals surface area contributed by atoms with Gasteiger partial charge in [-0.1, -0.05) is 48.5 Å². The second-order valence-electron chi connectivity index (χ2n) is 3.45. The first kappa shape index (κ1) is 9.78. The van der Waals surface area contributed by atoms with Gasteiger partial charge in [-0.15, -0.1) is 0 Å². The Morgan fingerprint density at radius 3 is 2.00 bits per heavy atom. The highest BCUT2D eigenvalue weighted by Crippen LogP contribution is 2.06. The van der Waals surface area contributed by atoms with Crippen molar-refractivity contribution >= 4 is 5.69 Å². The van der Waals surface area contributed by atoms with Gasteiger partial charge in [-0.25, -0.2) is 0 Å². The lowest BCUT2D eigenvalue weighted by Gasteiger charge is -2.02. The predicted octanol–water partition coefficient (Wildman–Crippen LogP) is 3.17. The molecule has 0 aromatic heterocycles. The summed E-state index contributed by atoms with van der Waals surface area (Å²) >= 11 is 0. The van der Waals surface area contributed by atoms with E-state index < -0.39 is 0 Å². The Kier molecular flexibility index (Phi) is 3.39. The standard InChI is InChI=1S/C14H14N/c1-3-7-13(8-4-1)11-12-15-14-9-5-2-6-10-14/h1-10H,11-12H2. The summed E-state index contributed by atoms with van der Waals surface area (Å²) in [5, 5.41) is 4.50. The lowest BCUT2D eigenvalue weighted by Crippen LogP contribution is -2.03. The van der Waals surface area contributed by atoms with E-state index in [1.807, 2.05) is 36.4 Å². The quantitative estimate of drug-likeness (QED) is 0.713. The summed E-state index contributed by atoms with van der Waals surface area (Å²) < 4.78 is 0. The molecule has 0 saturated heterocycles. The van der Waals surface area contributed by atoms with Crippen LogP contribution in [0.15, 0.2) is 60.7 Å². The van der Waals surface area contributed by atoms with Crippen molar-refractivity contribution < 1.29 is 0 Å². The maximum Gasteiger partial charge on any atom is 0.0574 e. The molecule has 0 fully saturated rings. The molecule has 75 valence electrons. The molecular formula is C14H14N. The molecule has 0 saturated carbocycles. The van der Waals surface area contributed by atoms with Gasteiger partial charge in [0.15, 0.2) is 0 Å². The molecule has 0 aliphatic heterocycles. The third kappa shape index (κ3) is 3.13. The van der Waals surface area contributed by atoms with E-state index in [0.717, 1.165) is 18.7 Å². The van der Waals surface area contributed by atoms with Crippen molar-refractivity contribution in [3.8, 4) is 0 Å². The summed E-state index contributed by atoms with van der Waals surface area (Å²) in [6.07, 6.45) is 1.01. The van der Waals surface area contributed by atoms with E-state index in [9.17, 15) is 0 Å². The summed E-state index contributed by atoms with van der Waals surface area (Å²) in [6, 6.07) is 20.6. The summed E-state index contributed by atoms with van der Waals surface area (Å²) in [5.41, 5.74) is 2.41. The Hall–Kier alpha value is -1.76. The van der Waals surface area contributed by atoms with Crippen molar-refractivity contribution in [1.29, 1.82) is 0 Å². The van der Waals surface area contributed by atoms with E-state index in [4.69, 9.17) is 0 Å². The monoisotopic (exact) mass is 196 g/mol. The van der Waals surface area contributed by atoms with Gasteiger partial charge in [0.2, 0.25) is 0 Å². The molecule has 2 aromatic carbocycles. The summed E-state index contributed by atoms with van der Waals surface area (Å²) in [4.78, 5) is 0. The van der Waals surface area contributed by atoms with Gasteiger partial charge in [0.1, 0.15) is 0 Å². The van der Waals surface area contributed by atoms with Gasteiger partial charge < -0.3 is 0 Å².